The third-order valence-corrected chi connectivity index (χ3v) is 3.88. The van der Waals surface area contributed by atoms with Crippen molar-refractivity contribution in [3.63, 3.8) is 0 Å². The minimum atomic E-state index is -4.43. The number of hydrogen-bond acceptors (Lipinski definition) is 5. The molecule has 0 fully saturated rings. The summed E-state index contributed by atoms with van der Waals surface area (Å²) in [6, 6.07) is 19.8. The summed E-state index contributed by atoms with van der Waals surface area (Å²) in [6.45, 7) is 1.93. The molecule has 7 heteroatoms. The molecule has 0 aliphatic carbocycles. The van der Waals surface area contributed by atoms with Gasteiger partial charge in [-0.05, 0) is 18.1 Å². The highest BCUT2D eigenvalue weighted by Crippen LogP contribution is 2.26. The van der Waals surface area contributed by atoms with Crippen LogP contribution in [-0.2, 0) is 24.1 Å². The van der Waals surface area contributed by atoms with Gasteiger partial charge in [-0.3, -0.25) is 4.55 Å². The summed E-state index contributed by atoms with van der Waals surface area (Å²) in [6.07, 6.45) is -0.484. The van der Waals surface area contributed by atoms with E-state index in [9.17, 15) is 8.42 Å². The molecule has 6 nitrogen and oxygen atoms in total. The Morgan fingerprint density at radius 3 is 1.88 bits per heavy atom. The molecular weight excluding hydrogens is 344 g/mol. The van der Waals surface area contributed by atoms with Crippen molar-refractivity contribution in [2.75, 3.05) is 19.8 Å². The van der Waals surface area contributed by atoms with Crippen molar-refractivity contribution >= 4 is 10.4 Å². The van der Waals surface area contributed by atoms with Crippen molar-refractivity contribution in [3.05, 3.63) is 71.8 Å². The molecule has 0 radical (unpaired) electrons. The van der Waals surface area contributed by atoms with E-state index >= 15 is 0 Å². The lowest BCUT2D eigenvalue weighted by atomic mass is 10.0. The van der Waals surface area contributed by atoms with Gasteiger partial charge in [0.1, 0.15) is 6.10 Å². The van der Waals surface area contributed by atoms with Crippen LogP contribution in [0.25, 0.3) is 0 Å². The molecule has 0 heterocycles. The molecule has 1 N–H and O–H groups in total. The molecule has 0 aliphatic heterocycles. The highest BCUT2D eigenvalue weighted by Gasteiger charge is 2.16. The van der Waals surface area contributed by atoms with E-state index in [-0.39, 0.29) is 25.4 Å². The molecule has 25 heavy (non-hydrogen) atoms. The van der Waals surface area contributed by atoms with E-state index in [0.717, 1.165) is 11.1 Å². The van der Waals surface area contributed by atoms with Crippen LogP contribution >= 0.6 is 0 Å². The summed E-state index contributed by atoms with van der Waals surface area (Å²) in [7, 11) is -4.43. The van der Waals surface area contributed by atoms with Gasteiger partial charge >= 0.3 is 10.4 Å². The Balaban J connectivity index is 1.90. The first-order valence-electron chi connectivity index (χ1n) is 7.90. The highest BCUT2D eigenvalue weighted by atomic mass is 32.3. The lowest BCUT2D eigenvalue weighted by Crippen LogP contribution is -2.21. The van der Waals surface area contributed by atoms with Gasteiger partial charge in [0.25, 0.3) is 0 Å². The van der Waals surface area contributed by atoms with E-state index in [0.29, 0.717) is 6.61 Å². The fraction of sp³-hybridized carbons (Fsp3) is 0.333. The minimum Gasteiger partial charge on any atom is -0.374 e. The maximum atomic E-state index is 10.5. The van der Waals surface area contributed by atoms with Gasteiger partial charge in [-0.1, -0.05) is 60.7 Å². The third kappa shape index (κ3) is 7.33. The van der Waals surface area contributed by atoms with Gasteiger partial charge in [-0.2, -0.15) is 8.42 Å². The van der Waals surface area contributed by atoms with Gasteiger partial charge in [-0.15, -0.1) is 0 Å². The maximum absolute atomic E-state index is 10.5. The summed E-state index contributed by atoms with van der Waals surface area (Å²) in [5, 5.41) is 0. The second-order valence-corrected chi connectivity index (χ2v) is 6.56. The predicted octanol–water partition coefficient (Wildman–Crippen LogP) is 3.02. The SMILES string of the molecule is CC(COC(c1ccccc1)c1ccccc1)OCCOS(=O)(=O)O. The molecule has 1 unspecified atom stereocenters. The molecule has 0 saturated heterocycles. The van der Waals surface area contributed by atoms with Crippen molar-refractivity contribution in [1.82, 2.24) is 0 Å². The Morgan fingerprint density at radius 2 is 1.40 bits per heavy atom. The van der Waals surface area contributed by atoms with Crippen molar-refractivity contribution in [3.8, 4) is 0 Å². The van der Waals surface area contributed by atoms with Gasteiger partial charge in [0.2, 0.25) is 0 Å². The first-order chi connectivity index (χ1) is 12.0. The van der Waals surface area contributed by atoms with Crippen LogP contribution in [0, 0.1) is 0 Å². The molecular formula is C18H22O6S. The zero-order chi connectivity index (χ0) is 18.1. The van der Waals surface area contributed by atoms with Crippen LogP contribution in [-0.4, -0.2) is 38.9 Å². The van der Waals surface area contributed by atoms with Crippen molar-refractivity contribution in [2.24, 2.45) is 0 Å². The largest absolute Gasteiger partial charge is 0.397 e. The number of benzene rings is 2. The van der Waals surface area contributed by atoms with Crippen LogP contribution in [0.3, 0.4) is 0 Å². The molecule has 2 aromatic carbocycles. The van der Waals surface area contributed by atoms with Crippen molar-refractivity contribution < 1.29 is 26.6 Å². The molecule has 2 aromatic rings. The normalized spacial score (nSPS) is 13.1. The Morgan fingerprint density at radius 1 is 0.880 bits per heavy atom. The van der Waals surface area contributed by atoms with E-state index in [1.807, 2.05) is 67.6 Å². The fourth-order valence-electron chi connectivity index (χ4n) is 2.31. The number of hydrogen-bond donors (Lipinski definition) is 1. The van der Waals surface area contributed by atoms with E-state index in [4.69, 9.17) is 14.0 Å². The summed E-state index contributed by atoms with van der Waals surface area (Å²) in [5.41, 5.74) is 2.08. The Kier molecular flexibility index (Phi) is 7.54. The molecule has 0 aliphatic rings. The van der Waals surface area contributed by atoms with Crippen LogP contribution in [0.1, 0.15) is 24.2 Å². The average molecular weight is 366 g/mol. The summed E-state index contributed by atoms with van der Waals surface area (Å²) < 4.78 is 45.1. The molecule has 0 spiro atoms. The number of ether oxygens (including phenoxy) is 2. The van der Waals surface area contributed by atoms with Gasteiger partial charge in [0.05, 0.1) is 25.9 Å². The summed E-state index contributed by atoms with van der Waals surface area (Å²) in [4.78, 5) is 0. The second-order valence-electron chi connectivity index (χ2n) is 5.47. The van der Waals surface area contributed by atoms with Crippen molar-refractivity contribution in [1.29, 1.82) is 0 Å². The van der Waals surface area contributed by atoms with E-state index in [1.54, 1.807) is 0 Å². The topological polar surface area (TPSA) is 82.1 Å². The monoisotopic (exact) mass is 366 g/mol. The molecule has 1 atom stereocenters. The highest BCUT2D eigenvalue weighted by molar-refractivity contribution is 7.80. The second kappa shape index (κ2) is 9.65. The lowest BCUT2D eigenvalue weighted by molar-refractivity contribution is -0.0333. The fourth-order valence-corrected chi connectivity index (χ4v) is 2.59. The van der Waals surface area contributed by atoms with E-state index < -0.39 is 10.4 Å². The van der Waals surface area contributed by atoms with Crippen molar-refractivity contribution in [2.45, 2.75) is 19.1 Å². The molecule has 2 rings (SSSR count). The Labute approximate surface area is 148 Å². The lowest BCUT2D eigenvalue weighted by Gasteiger charge is -2.21. The zero-order valence-corrected chi connectivity index (χ0v) is 14.8. The van der Waals surface area contributed by atoms with Gasteiger partial charge in [0, 0.05) is 0 Å². The first kappa shape index (κ1) is 19.6. The summed E-state index contributed by atoms with van der Waals surface area (Å²) in [5.74, 6) is 0. The number of rotatable bonds is 10. The summed E-state index contributed by atoms with van der Waals surface area (Å²) >= 11 is 0. The van der Waals surface area contributed by atoms with E-state index in [1.165, 1.54) is 0 Å². The standard InChI is InChI=1S/C18H22O6S/c1-15(22-12-13-24-25(19,20)21)14-23-18(16-8-4-2-5-9-16)17-10-6-3-7-11-17/h2-11,15,18H,12-14H2,1H3,(H,19,20,21). The maximum Gasteiger partial charge on any atom is 0.397 e. The smallest absolute Gasteiger partial charge is 0.374 e. The minimum absolute atomic E-state index is 0.0334. The Bertz CT molecular complexity index is 678. The van der Waals surface area contributed by atoms with Gasteiger partial charge in [0.15, 0.2) is 0 Å². The molecule has 0 bridgehead atoms. The van der Waals surface area contributed by atoms with Crippen LogP contribution in [0.2, 0.25) is 0 Å². The quantitative estimate of drug-likeness (QED) is 0.514. The first-order valence-corrected chi connectivity index (χ1v) is 9.27. The zero-order valence-electron chi connectivity index (χ0n) is 13.9. The van der Waals surface area contributed by atoms with Crippen LogP contribution < -0.4 is 0 Å². The predicted molar refractivity (Wildman–Crippen MR) is 93.6 cm³/mol. The molecule has 0 amide bonds. The third-order valence-electron chi connectivity index (χ3n) is 3.42. The van der Waals surface area contributed by atoms with Gasteiger partial charge in [-0.25, -0.2) is 4.18 Å². The van der Waals surface area contributed by atoms with Gasteiger partial charge < -0.3 is 9.47 Å². The van der Waals surface area contributed by atoms with E-state index in [2.05, 4.69) is 4.18 Å². The molecule has 136 valence electrons. The average Bonchev–Trinajstić information content (AvgIpc) is 2.60. The Hall–Kier alpha value is -1.77. The molecule has 0 aromatic heterocycles. The molecule has 0 saturated carbocycles. The van der Waals surface area contributed by atoms with Crippen LogP contribution in [0.4, 0.5) is 0 Å². The van der Waals surface area contributed by atoms with Crippen LogP contribution in [0.15, 0.2) is 60.7 Å². The van der Waals surface area contributed by atoms with Crippen LogP contribution in [0.5, 0.6) is 0 Å².